The van der Waals surface area contributed by atoms with Gasteiger partial charge in [-0.3, -0.25) is 9.59 Å². The molecule has 1 aromatic heterocycles. The van der Waals surface area contributed by atoms with Gasteiger partial charge in [0.1, 0.15) is 6.61 Å². The van der Waals surface area contributed by atoms with Gasteiger partial charge >= 0.3 is 6.09 Å². The standard InChI is InChI=1S/C18H18N2O5/c21-16-3-1-2-8-20(16)18(23)25-13-14-4-6-15(7-5-14)17(22)19-9-11-24-12-10-19/h1-8H,9-13H2. The lowest BCUT2D eigenvalue weighted by Gasteiger charge is -2.26. The second-order valence-corrected chi connectivity index (χ2v) is 5.56. The largest absolute Gasteiger partial charge is 0.444 e. The van der Waals surface area contributed by atoms with Crippen molar-refractivity contribution in [3.8, 4) is 0 Å². The van der Waals surface area contributed by atoms with Gasteiger partial charge in [-0.05, 0) is 23.8 Å². The molecular formula is C18H18N2O5. The first kappa shape index (κ1) is 16.9. The predicted molar refractivity (Wildman–Crippen MR) is 89.4 cm³/mol. The van der Waals surface area contributed by atoms with Crippen molar-refractivity contribution in [1.29, 1.82) is 0 Å². The molecule has 2 heterocycles. The molecule has 1 saturated heterocycles. The van der Waals surface area contributed by atoms with Gasteiger partial charge in [-0.15, -0.1) is 0 Å². The lowest BCUT2D eigenvalue weighted by Crippen LogP contribution is -2.40. The highest BCUT2D eigenvalue weighted by atomic mass is 16.5. The minimum atomic E-state index is -0.737. The average Bonchev–Trinajstić information content (AvgIpc) is 2.67. The lowest BCUT2D eigenvalue weighted by molar-refractivity contribution is 0.0303. The number of morpholine rings is 1. The van der Waals surface area contributed by atoms with E-state index in [-0.39, 0.29) is 12.5 Å². The van der Waals surface area contributed by atoms with Crippen LogP contribution in [0, 0.1) is 0 Å². The maximum atomic E-state index is 12.3. The van der Waals surface area contributed by atoms with Crippen LogP contribution in [0.25, 0.3) is 0 Å². The van der Waals surface area contributed by atoms with E-state index in [0.29, 0.717) is 31.9 Å². The van der Waals surface area contributed by atoms with Crippen molar-refractivity contribution in [2.24, 2.45) is 0 Å². The number of carbonyl (C=O) groups is 2. The number of carbonyl (C=O) groups excluding carboxylic acids is 2. The molecule has 0 radical (unpaired) electrons. The minimum Gasteiger partial charge on any atom is -0.444 e. The first-order valence-corrected chi connectivity index (χ1v) is 7.96. The zero-order valence-corrected chi connectivity index (χ0v) is 13.6. The molecule has 3 rings (SSSR count). The van der Waals surface area contributed by atoms with Crippen molar-refractivity contribution < 1.29 is 19.1 Å². The first-order valence-electron chi connectivity index (χ1n) is 7.96. The zero-order chi connectivity index (χ0) is 17.6. The summed E-state index contributed by atoms with van der Waals surface area (Å²) in [6.45, 7) is 2.30. The summed E-state index contributed by atoms with van der Waals surface area (Å²) in [4.78, 5) is 37.5. The Kier molecular flexibility index (Phi) is 5.25. The number of aromatic nitrogens is 1. The van der Waals surface area contributed by atoms with Gasteiger partial charge in [0, 0.05) is 30.9 Å². The topological polar surface area (TPSA) is 77.8 Å². The van der Waals surface area contributed by atoms with Crippen molar-refractivity contribution in [1.82, 2.24) is 9.47 Å². The van der Waals surface area contributed by atoms with Crippen LogP contribution in [0.5, 0.6) is 0 Å². The second-order valence-electron chi connectivity index (χ2n) is 5.56. The van der Waals surface area contributed by atoms with Crippen LogP contribution in [-0.2, 0) is 16.1 Å². The van der Waals surface area contributed by atoms with E-state index < -0.39 is 11.7 Å². The Morgan fingerprint density at radius 1 is 1.04 bits per heavy atom. The predicted octanol–water partition coefficient (Wildman–Crippen LogP) is 1.51. The van der Waals surface area contributed by atoms with Crippen LogP contribution in [0.4, 0.5) is 4.79 Å². The molecule has 0 saturated carbocycles. The number of amides is 1. The summed E-state index contributed by atoms with van der Waals surface area (Å²) in [5, 5.41) is 0. The van der Waals surface area contributed by atoms with Gasteiger partial charge in [0.25, 0.3) is 11.5 Å². The summed E-state index contributed by atoms with van der Waals surface area (Å²) in [6.07, 6.45) is 0.619. The zero-order valence-electron chi connectivity index (χ0n) is 13.6. The van der Waals surface area contributed by atoms with E-state index in [1.807, 2.05) is 0 Å². The van der Waals surface area contributed by atoms with Gasteiger partial charge < -0.3 is 14.4 Å². The number of rotatable bonds is 3. The van der Waals surface area contributed by atoms with Crippen LogP contribution < -0.4 is 5.56 Å². The van der Waals surface area contributed by atoms with Crippen molar-refractivity contribution in [3.63, 3.8) is 0 Å². The van der Waals surface area contributed by atoms with E-state index in [2.05, 4.69) is 0 Å². The summed E-state index contributed by atoms with van der Waals surface area (Å²) in [5.41, 5.74) is 0.867. The number of pyridine rings is 1. The Balaban J connectivity index is 1.59. The maximum absolute atomic E-state index is 12.3. The third-order valence-corrected chi connectivity index (χ3v) is 3.88. The molecule has 1 amide bonds. The van der Waals surface area contributed by atoms with Gasteiger partial charge in [-0.25, -0.2) is 9.36 Å². The highest BCUT2D eigenvalue weighted by Gasteiger charge is 2.18. The van der Waals surface area contributed by atoms with Crippen LogP contribution in [-0.4, -0.2) is 47.8 Å². The van der Waals surface area contributed by atoms with E-state index in [9.17, 15) is 14.4 Å². The molecule has 7 heteroatoms. The van der Waals surface area contributed by atoms with E-state index >= 15 is 0 Å². The van der Waals surface area contributed by atoms with E-state index in [1.54, 1.807) is 41.3 Å². The van der Waals surface area contributed by atoms with Crippen molar-refractivity contribution >= 4 is 12.0 Å². The molecule has 1 fully saturated rings. The fourth-order valence-electron chi connectivity index (χ4n) is 2.49. The molecule has 0 aliphatic carbocycles. The van der Waals surface area contributed by atoms with Crippen molar-refractivity contribution in [2.45, 2.75) is 6.61 Å². The molecule has 0 spiro atoms. The van der Waals surface area contributed by atoms with Crippen LogP contribution in [0.15, 0.2) is 53.5 Å². The quantitative estimate of drug-likeness (QED) is 0.845. The molecule has 25 heavy (non-hydrogen) atoms. The first-order chi connectivity index (χ1) is 12.1. The maximum Gasteiger partial charge on any atom is 0.421 e. The third-order valence-electron chi connectivity index (χ3n) is 3.88. The lowest BCUT2D eigenvalue weighted by atomic mass is 10.1. The molecule has 2 aromatic rings. The molecule has 130 valence electrons. The fraction of sp³-hybridized carbons (Fsp3) is 0.278. The highest BCUT2D eigenvalue weighted by molar-refractivity contribution is 5.94. The van der Waals surface area contributed by atoms with Crippen LogP contribution >= 0.6 is 0 Å². The molecule has 0 atom stereocenters. The molecule has 0 unspecified atom stereocenters. The Bertz CT molecular complexity index is 807. The van der Waals surface area contributed by atoms with Gasteiger partial charge in [0.05, 0.1) is 13.2 Å². The van der Waals surface area contributed by atoms with Crippen LogP contribution in [0.3, 0.4) is 0 Å². The molecule has 0 bridgehead atoms. The Morgan fingerprint density at radius 2 is 1.76 bits per heavy atom. The molecule has 1 aliphatic rings. The molecule has 0 N–H and O–H groups in total. The summed E-state index contributed by atoms with van der Waals surface area (Å²) < 4.78 is 11.3. The molecule has 7 nitrogen and oxygen atoms in total. The molecule has 1 aliphatic heterocycles. The normalized spacial score (nSPS) is 14.2. The molecular weight excluding hydrogens is 324 g/mol. The monoisotopic (exact) mass is 342 g/mol. The SMILES string of the molecule is O=C(c1ccc(COC(=O)n2ccccc2=O)cc1)N1CCOCC1. The Labute approximate surface area is 144 Å². The van der Waals surface area contributed by atoms with Crippen molar-refractivity contribution in [3.05, 3.63) is 70.1 Å². The summed E-state index contributed by atoms with van der Waals surface area (Å²) in [6, 6.07) is 11.3. The second kappa shape index (κ2) is 7.76. The Morgan fingerprint density at radius 3 is 2.44 bits per heavy atom. The van der Waals surface area contributed by atoms with E-state index in [4.69, 9.17) is 9.47 Å². The van der Waals surface area contributed by atoms with Gasteiger partial charge in [0.2, 0.25) is 0 Å². The van der Waals surface area contributed by atoms with E-state index in [0.717, 1.165) is 10.1 Å². The average molecular weight is 342 g/mol. The highest BCUT2D eigenvalue weighted by Crippen LogP contribution is 2.10. The summed E-state index contributed by atoms with van der Waals surface area (Å²) >= 11 is 0. The summed E-state index contributed by atoms with van der Waals surface area (Å²) in [7, 11) is 0. The Hall–Kier alpha value is -2.93. The van der Waals surface area contributed by atoms with Gasteiger partial charge in [-0.2, -0.15) is 0 Å². The smallest absolute Gasteiger partial charge is 0.421 e. The summed E-state index contributed by atoms with van der Waals surface area (Å²) in [5.74, 6) is -0.0392. The van der Waals surface area contributed by atoms with Crippen LogP contribution in [0.1, 0.15) is 15.9 Å². The van der Waals surface area contributed by atoms with Crippen molar-refractivity contribution in [2.75, 3.05) is 26.3 Å². The van der Waals surface area contributed by atoms with Crippen LogP contribution in [0.2, 0.25) is 0 Å². The third kappa shape index (κ3) is 4.13. The molecule has 1 aromatic carbocycles. The minimum absolute atomic E-state index is 0.0200. The number of nitrogens with zero attached hydrogens (tertiary/aromatic N) is 2. The number of ether oxygens (including phenoxy) is 2. The number of hydrogen-bond donors (Lipinski definition) is 0. The fourth-order valence-corrected chi connectivity index (χ4v) is 2.49. The number of hydrogen-bond acceptors (Lipinski definition) is 5. The van der Waals surface area contributed by atoms with E-state index in [1.165, 1.54) is 12.3 Å². The van der Waals surface area contributed by atoms with Gasteiger partial charge in [0.15, 0.2) is 0 Å². The number of benzene rings is 1. The van der Waals surface area contributed by atoms with Gasteiger partial charge in [-0.1, -0.05) is 18.2 Å².